The first-order valence-electron chi connectivity index (χ1n) is 21.8. The van der Waals surface area contributed by atoms with E-state index in [1.54, 1.807) is 0 Å². The van der Waals surface area contributed by atoms with Gasteiger partial charge in [0.1, 0.15) is 0 Å². The molecule has 9 aromatic carbocycles. The molecule has 0 atom stereocenters. The third kappa shape index (κ3) is 6.41. The number of fused-ring (bicyclic) bond motifs is 6. The van der Waals surface area contributed by atoms with Gasteiger partial charge in [-0.05, 0) is 83.9 Å². The zero-order valence-corrected chi connectivity index (χ0v) is 35.5. The summed E-state index contributed by atoms with van der Waals surface area (Å²) in [4.78, 5) is 14.5. The summed E-state index contributed by atoms with van der Waals surface area (Å²) in [6, 6.07) is 77.2. The lowest BCUT2D eigenvalue weighted by atomic mass is 9.91. The van der Waals surface area contributed by atoms with E-state index in [-0.39, 0.29) is 0 Å². The molecule has 0 saturated heterocycles. The van der Waals surface area contributed by atoms with Crippen LogP contribution in [-0.4, -0.2) is 19.1 Å². The lowest BCUT2D eigenvalue weighted by Crippen LogP contribution is -2.03. The van der Waals surface area contributed by atoms with Gasteiger partial charge in [0.05, 0.1) is 57.3 Å². The van der Waals surface area contributed by atoms with Gasteiger partial charge < -0.3 is 9.13 Å². The quantitative estimate of drug-likeness (QED) is 0.150. The smallest absolute Gasteiger partial charge is 0.187 e. The molecule has 0 aliphatic carbocycles. The van der Waals surface area contributed by atoms with Gasteiger partial charge in [-0.2, -0.15) is 5.26 Å². The van der Waals surface area contributed by atoms with E-state index in [0.717, 1.165) is 94.5 Å². The van der Waals surface area contributed by atoms with E-state index < -0.39 is 0 Å². The number of para-hydroxylation sites is 3. The van der Waals surface area contributed by atoms with E-state index in [2.05, 4.69) is 160 Å². The van der Waals surface area contributed by atoms with Gasteiger partial charge in [-0.3, -0.25) is 0 Å². The number of hydrogen-bond acceptors (Lipinski definition) is 3. The van der Waals surface area contributed by atoms with E-state index in [9.17, 15) is 5.26 Å². The molecule has 66 heavy (non-hydrogen) atoms. The second kappa shape index (κ2) is 15.8. The van der Waals surface area contributed by atoms with E-state index >= 15 is 0 Å². The molecule has 306 valence electrons. The molecule has 0 aliphatic heterocycles. The Morgan fingerprint density at radius 1 is 0.409 bits per heavy atom. The zero-order valence-electron chi connectivity index (χ0n) is 35.5. The van der Waals surface area contributed by atoms with Gasteiger partial charge >= 0.3 is 0 Å². The number of hydrogen-bond donors (Lipinski definition) is 0. The van der Waals surface area contributed by atoms with Crippen LogP contribution in [0.1, 0.15) is 5.56 Å². The van der Waals surface area contributed by atoms with Gasteiger partial charge in [0.2, 0.25) is 0 Å². The second-order valence-corrected chi connectivity index (χ2v) is 16.4. The highest BCUT2D eigenvalue weighted by atomic mass is 15.0. The summed E-state index contributed by atoms with van der Waals surface area (Å²) in [5, 5.41) is 14.9. The first kappa shape index (κ1) is 38.3. The summed E-state index contributed by atoms with van der Waals surface area (Å²) in [7, 11) is 0. The molecular formula is C60H36N6. The molecule has 3 heterocycles. The van der Waals surface area contributed by atoms with Crippen LogP contribution in [0.15, 0.2) is 218 Å². The van der Waals surface area contributed by atoms with Crippen molar-refractivity contribution < 1.29 is 0 Å². The van der Waals surface area contributed by atoms with E-state index in [1.807, 2.05) is 78.9 Å². The minimum absolute atomic E-state index is 0.531. The Morgan fingerprint density at radius 3 is 1.50 bits per heavy atom. The summed E-state index contributed by atoms with van der Waals surface area (Å²) in [6.45, 7) is 8.07. The van der Waals surface area contributed by atoms with E-state index in [4.69, 9.17) is 16.5 Å². The molecule has 0 radical (unpaired) electrons. The highest BCUT2D eigenvalue weighted by Crippen LogP contribution is 2.45. The molecule has 0 saturated carbocycles. The van der Waals surface area contributed by atoms with E-state index in [0.29, 0.717) is 17.1 Å². The number of benzene rings is 9. The third-order valence-corrected chi connectivity index (χ3v) is 12.5. The minimum Gasteiger partial charge on any atom is -0.309 e. The molecular weight excluding hydrogens is 805 g/mol. The van der Waals surface area contributed by atoms with Crippen molar-refractivity contribution in [1.29, 1.82) is 5.26 Å². The highest BCUT2D eigenvalue weighted by Gasteiger charge is 2.24. The zero-order chi connectivity index (χ0) is 44.1. The van der Waals surface area contributed by atoms with Gasteiger partial charge in [0, 0.05) is 55.0 Å². The summed E-state index contributed by atoms with van der Waals surface area (Å²) >= 11 is 0. The Morgan fingerprint density at radius 2 is 0.909 bits per heavy atom. The summed E-state index contributed by atoms with van der Waals surface area (Å²) in [5.74, 6) is 0.556. The minimum atomic E-state index is 0.531. The fraction of sp³-hybridized carbons (Fsp3) is 0. The monoisotopic (exact) mass is 840 g/mol. The molecule has 6 nitrogen and oxygen atoms in total. The largest absolute Gasteiger partial charge is 0.309 e. The number of nitrogens with zero attached hydrogens (tertiary/aromatic N) is 6. The van der Waals surface area contributed by atoms with Crippen LogP contribution in [0.3, 0.4) is 0 Å². The molecule has 12 aromatic rings. The Kier molecular flexibility index (Phi) is 9.16. The molecule has 0 spiro atoms. The summed E-state index contributed by atoms with van der Waals surface area (Å²) in [6.07, 6.45) is 0. The molecule has 0 aliphatic rings. The highest BCUT2D eigenvalue weighted by molar-refractivity contribution is 6.13. The normalized spacial score (nSPS) is 11.3. The van der Waals surface area contributed by atoms with Crippen molar-refractivity contribution in [3.63, 3.8) is 0 Å². The first-order chi connectivity index (χ1) is 32.6. The Labute approximate surface area is 381 Å². The lowest BCUT2D eigenvalue weighted by Gasteiger charge is -2.21. The Balaban J connectivity index is 1.19. The number of rotatable bonds is 7. The molecule has 6 heteroatoms. The molecule has 0 bridgehead atoms. The van der Waals surface area contributed by atoms with Gasteiger partial charge in [-0.15, -0.1) is 0 Å². The standard InChI is InChI=1S/C60H36N6/c1-62-45-23-15-22-43(33-45)51-35-44(60-63-53(40-17-4-2-5-18-40)37-54(64-60)41-19-6-3-7-20-41)34-50(42-21-14-16-39(32-42)38-61)59(51)66-57-29-13-10-26-49(57)52-36-46(30-31-58(52)66)65-55-27-11-8-24-47(55)48-25-9-12-28-56(48)65/h2-37H. The number of nitriles is 1. The fourth-order valence-electron chi connectivity index (χ4n) is 9.58. The average molecular weight is 841 g/mol. The predicted octanol–water partition coefficient (Wildman–Crippen LogP) is 15.4. The van der Waals surface area contributed by atoms with Crippen molar-refractivity contribution in [1.82, 2.24) is 19.1 Å². The van der Waals surface area contributed by atoms with Crippen LogP contribution in [0, 0.1) is 17.9 Å². The van der Waals surface area contributed by atoms with Crippen LogP contribution in [-0.2, 0) is 0 Å². The lowest BCUT2D eigenvalue weighted by molar-refractivity contribution is 1.16. The van der Waals surface area contributed by atoms with Gasteiger partial charge in [0.25, 0.3) is 0 Å². The van der Waals surface area contributed by atoms with Crippen LogP contribution < -0.4 is 0 Å². The SMILES string of the molecule is [C-]#[N+]c1cccc(-c2cc(-c3nc(-c4ccccc4)cc(-c4ccccc4)n3)cc(-c3cccc(C#N)c3)c2-n2c3ccccc3c3cc(-n4c5ccccc5c5ccccc54)ccc32)c1. The summed E-state index contributed by atoms with van der Waals surface area (Å²) < 4.78 is 4.72. The number of aromatic nitrogens is 4. The molecule has 0 fully saturated rings. The third-order valence-electron chi connectivity index (χ3n) is 12.5. The van der Waals surface area contributed by atoms with Gasteiger partial charge in [-0.25, -0.2) is 14.8 Å². The van der Waals surface area contributed by atoms with Crippen molar-refractivity contribution in [2.45, 2.75) is 0 Å². The Bertz CT molecular complexity index is 3770. The topological polar surface area (TPSA) is 63.8 Å². The van der Waals surface area contributed by atoms with Crippen molar-refractivity contribution in [2.75, 3.05) is 0 Å². The molecule has 0 N–H and O–H groups in total. The molecule has 3 aromatic heterocycles. The first-order valence-corrected chi connectivity index (χ1v) is 21.8. The van der Waals surface area contributed by atoms with E-state index in [1.165, 1.54) is 10.8 Å². The van der Waals surface area contributed by atoms with Crippen LogP contribution >= 0.6 is 0 Å². The maximum absolute atomic E-state index is 10.3. The van der Waals surface area contributed by atoms with Gasteiger partial charge in [-0.1, -0.05) is 146 Å². The van der Waals surface area contributed by atoms with Crippen molar-refractivity contribution in [3.05, 3.63) is 235 Å². The maximum Gasteiger partial charge on any atom is 0.187 e. The molecule has 0 amide bonds. The molecule has 12 rings (SSSR count). The maximum atomic E-state index is 10.3. The Hall–Kier alpha value is -9.36. The molecule has 0 unspecified atom stereocenters. The van der Waals surface area contributed by atoms with Gasteiger partial charge in [0.15, 0.2) is 11.5 Å². The van der Waals surface area contributed by atoms with Crippen LogP contribution in [0.2, 0.25) is 0 Å². The predicted molar refractivity (Wildman–Crippen MR) is 269 cm³/mol. The van der Waals surface area contributed by atoms with Crippen LogP contribution in [0.5, 0.6) is 0 Å². The van der Waals surface area contributed by atoms with Crippen LogP contribution in [0.4, 0.5) is 5.69 Å². The summed E-state index contributed by atoms with van der Waals surface area (Å²) in [5.41, 5.74) is 15.2. The van der Waals surface area contributed by atoms with Crippen molar-refractivity contribution in [2.24, 2.45) is 0 Å². The average Bonchev–Trinajstić information content (AvgIpc) is 3.91. The van der Waals surface area contributed by atoms with Crippen molar-refractivity contribution in [3.8, 4) is 73.6 Å². The fourth-order valence-corrected chi connectivity index (χ4v) is 9.58. The van der Waals surface area contributed by atoms with Crippen molar-refractivity contribution >= 4 is 49.3 Å². The second-order valence-electron chi connectivity index (χ2n) is 16.4. The van der Waals surface area contributed by atoms with Crippen LogP contribution in [0.25, 0.3) is 116 Å².